The maximum atomic E-state index is 6.46. The summed E-state index contributed by atoms with van der Waals surface area (Å²) in [6, 6.07) is 18.7. The first-order chi connectivity index (χ1) is 14.3. The summed E-state index contributed by atoms with van der Waals surface area (Å²) in [6.45, 7) is 6.42. The zero-order valence-electron chi connectivity index (χ0n) is 17.1. The molecule has 2 aromatic carbocycles. The van der Waals surface area contributed by atoms with Crippen LogP contribution in [-0.4, -0.2) is 56.2 Å². The van der Waals surface area contributed by atoms with E-state index >= 15 is 0 Å². The standard InChI is InChI=1S/C24H29N3O2/c1-26-13-15-27(16-14-26)12-7-17-28-25-23-20-10-5-6-11-22(20)29-24(18-21(23)24)19-8-3-2-4-9-19/h2-6,8-11,25H,7,12-18H2,1H3. The Bertz CT molecular complexity index is 890. The van der Waals surface area contributed by atoms with Gasteiger partial charge in [0.25, 0.3) is 0 Å². The molecular weight excluding hydrogens is 362 g/mol. The molecule has 0 radical (unpaired) electrons. The van der Waals surface area contributed by atoms with Crippen LogP contribution in [0.2, 0.25) is 0 Å². The minimum absolute atomic E-state index is 0.332. The summed E-state index contributed by atoms with van der Waals surface area (Å²) in [5, 5.41) is 0. The monoisotopic (exact) mass is 391 g/mol. The second-order valence-corrected chi connectivity index (χ2v) is 8.27. The van der Waals surface area contributed by atoms with Gasteiger partial charge in [-0.1, -0.05) is 42.5 Å². The molecule has 1 atom stereocenters. The topological polar surface area (TPSA) is 37.0 Å². The van der Waals surface area contributed by atoms with Crippen LogP contribution in [0.1, 0.15) is 24.0 Å². The molecule has 0 amide bonds. The van der Waals surface area contributed by atoms with Gasteiger partial charge in [-0.05, 0) is 25.6 Å². The molecule has 2 heterocycles. The number of fused-ring (bicyclic) bond motifs is 2. The molecule has 0 spiro atoms. The number of ether oxygens (including phenoxy) is 1. The predicted molar refractivity (Wildman–Crippen MR) is 114 cm³/mol. The third-order valence-corrected chi connectivity index (χ3v) is 6.26. The summed E-state index contributed by atoms with van der Waals surface area (Å²) in [4.78, 5) is 10.8. The average molecular weight is 392 g/mol. The highest BCUT2D eigenvalue weighted by atomic mass is 16.6. The normalized spacial score (nSPS) is 23.9. The van der Waals surface area contributed by atoms with Crippen molar-refractivity contribution in [2.24, 2.45) is 0 Å². The van der Waals surface area contributed by atoms with E-state index in [-0.39, 0.29) is 5.60 Å². The molecule has 5 nitrogen and oxygen atoms in total. The lowest BCUT2D eigenvalue weighted by atomic mass is 10.0. The maximum absolute atomic E-state index is 6.46. The number of nitrogens with zero attached hydrogens (tertiary/aromatic N) is 2. The number of hydroxylamine groups is 1. The molecule has 1 aliphatic carbocycles. The quantitative estimate of drug-likeness (QED) is 0.579. The first-order valence-corrected chi connectivity index (χ1v) is 10.6. The number of piperazine rings is 1. The van der Waals surface area contributed by atoms with Crippen LogP contribution in [0.25, 0.3) is 5.70 Å². The van der Waals surface area contributed by atoms with Crippen LogP contribution in [0.3, 0.4) is 0 Å². The first kappa shape index (κ1) is 18.7. The van der Waals surface area contributed by atoms with E-state index in [9.17, 15) is 0 Å². The number of likely N-dealkylation sites (N-methyl/N-ethyl adjacent to an activating group) is 1. The molecule has 2 aromatic rings. The highest BCUT2D eigenvalue weighted by Gasteiger charge is 2.58. The SMILES string of the molecule is CN1CCN(CCCONC2=C3CC3(c3ccccc3)Oc3ccccc32)CC1. The van der Waals surface area contributed by atoms with E-state index in [1.165, 1.54) is 11.1 Å². The van der Waals surface area contributed by atoms with Gasteiger partial charge in [0.15, 0.2) is 5.60 Å². The summed E-state index contributed by atoms with van der Waals surface area (Å²) >= 11 is 0. The van der Waals surface area contributed by atoms with Crippen molar-refractivity contribution in [1.82, 2.24) is 15.3 Å². The van der Waals surface area contributed by atoms with E-state index in [2.05, 4.69) is 58.7 Å². The van der Waals surface area contributed by atoms with Crippen molar-refractivity contribution >= 4 is 5.70 Å². The average Bonchev–Trinajstić information content (AvgIpc) is 3.50. The number of hydrogen-bond donors (Lipinski definition) is 1. The van der Waals surface area contributed by atoms with Crippen LogP contribution in [-0.2, 0) is 10.4 Å². The molecule has 1 N–H and O–H groups in total. The molecule has 0 bridgehead atoms. The number of rotatable bonds is 7. The highest BCUT2D eigenvalue weighted by Crippen LogP contribution is 2.60. The van der Waals surface area contributed by atoms with Crippen molar-refractivity contribution in [3.8, 4) is 5.75 Å². The number of nitrogens with one attached hydrogen (secondary N) is 1. The fourth-order valence-corrected chi connectivity index (χ4v) is 4.42. The van der Waals surface area contributed by atoms with Crippen molar-refractivity contribution in [3.05, 3.63) is 71.3 Å². The Labute approximate surface area is 172 Å². The summed E-state index contributed by atoms with van der Waals surface area (Å²) in [7, 11) is 2.19. The zero-order chi connectivity index (χ0) is 19.7. The van der Waals surface area contributed by atoms with Crippen molar-refractivity contribution in [2.75, 3.05) is 46.4 Å². The van der Waals surface area contributed by atoms with E-state index < -0.39 is 0 Å². The lowest BCUT2D eigenvalue weighted by Crippen LogP contribution is -2.44. The van der Waals surface area contributed by atoms with E-state index in [1.54, 1.807) is 0 Å². The smallest absolute Gasteiger partial charge is 0.162 e. The van der Waals surface area contributed by atoms with Crippen LogP contribution >= 0.6 is 0 Å². The number of para-hydroxylation sites is 1. The van der Waals surface area contributed by atoms with Gasteiger partial charge in [0.1, 0.15) is 5.75 Å². The Morgan fingerprint density at radius 3 is 2.59 bits per heavy atom. The van der Waals surface area contributed by atoms with Gasteiger partial charge >= 0.3 is 0 Å². The van der Waals surface area contributed by atoms with Gasteiger partial charge in [0.2, 0.25) is 0 Å². The van der Waals surface area contributed by atoms with Gasteiger partial charge in [0.05, 0.1) is 12.3 Å². The van der Waals surface area contributed by atoms with Gasteiger partial charge < -0.3 is 14.5 Å². The van der Waals surface area contributed by atoms with Crippen LogP contribution in [0.4, 0.5) is 0 Å². The third-order valence-electron chi connectivity index (χ3n) is 6.26. The summed E-state index contributed by atoms with van der Waals surface area (Å²) < 4.78 is 6.46. The lowest BCUT2D eigenvalue weighted by Gasteiger charge is -2.32. The summed E-state index contributed by atoms with van der Waals surface area (Å²) in [5.74, 6) is 0.918. The van der Waals surface area contributed by atoms with Crippen molar-refractivity contribution in [2.45, 2.75) is 18.4 Å². The minimum atomic E-state index is -0.332. The van der Waals surface area contributed by atoms with Crippen LogP contribution in [0, 0.1) is 0 Å². The molecule has 1 saturated heterocycles. The van der Waals surface area contributed by atoms with E-state index in [4.69, 9.17) is 9.57 Å². The fourth-order valence-electron chi connectivity index (χ4n) is 4.42. The van der Waals surface area contributed by atoms with Gasteiger partial charge in [-0.25, -0.2) is 0 Å². The molecule has 29 heavy (non-hydrogen) atoms. The largest absolute Gasteiger partial charge is 0.477 e. The Balaban J connectivity index is 1.24. The van der Waals surface area contributed by atoms with Gasteiger partial charge in [-0.2, -0.15) is 0 Å². The molecule has 3 aliphatic rings. The third kappa shape index (κ3) is 3.66. The Morgan fingerprint density at radius 2 is 1.76 bits per heavy atom. The zero-order valence-corrected chi connectivity index (χ0v) is 17.1. The molecule has 2 fully saturated rings. The van der Waals surface area contributed by atoms with Gasteiger partial charge in [-0.3, -0.25) is 10.3 Å². The molecule has 5 rings (SSSR count). The minimum Gasteiger partial charge on any atom is -0.477 e. The molecule has 2 aliphatic heterocycles. The molecule has 152 valence electrons. The Morgan fingerprint density at radius 1 is 1.00 bits per heavy atom. The van der Waals surface area contributed by atoms with Crippen molar-refractivity contribution in [1.29, 1.82) is 0 Å². The molecule has 1 saturated carbocycles. The van der Waals surface area contributed by atoms with Crippen LogP contribution < -0.4 is 10.2 Å². The molecular formula is C24H29N3O2. The highest BCUT2D eigenvalue weighted by molar-refractivity contribution is 5.80. The number of hydrogen-bond acceptors (Lipinski definition) is 5. The fraction of sp³-hybridized carbons (Fsp3) is 0.417. The van der Waals surface area contributed by atoms with Gasteiger partial charge in [0, 0.05) is 55.8 Å². The summed E-state index contributed by atoms with van der Waals surface area (Å²) in [5.41, 5.74) is 7.60. The van der Waals surface area contributed by atoms with Crippen LogP contribution in [0.5, 0.6) is 5.75 Å². The lowest BCUT2D eigenvalue weighted by molar-refractivity contribution is 0.0631. The van der Waals surface area contributed by atoms with Crippen molar-refractivity contribution < 1.29 is 9.57 Å². The van der Waals surface area contributed by atoms with E-state index in [1.807, 2.05) is 18.2 Å². The molecule has 5 heteroatoms. The Kier molecular flexibility index (Phi) is 5.04. The first-order valence-electron chi connectivity index (χ1n) is 10.6. The van der Waals surface area contributed by atoms with E-state index in [0.717, 1.165) is 62.6 Å². The second kappa shape index (κ2) is 7.82. The van der Waals surface area contributed by atoms with Gasteiger partial charge in [-0.15, -0.1) is 0 Å². The molecule has 1 unspecified atom stereocenters. The maximum Gasteiger partial charge on any atom is 0.162 e. The summed E-state index contributed by atoms with van der Waals surface area (Å²) in [6.07, 6.45) is 1.93. The number of benzene rings is 2. The van der Waals surface area contributed by atoms with Crippen molar-refractivity contribution in [3.63, 3.8) is 0 Å². The second-order valence-electron chi connectivity index (χ2n) is 8.27. The molecule has 0 aromatic heterocycles. The Hall–Kier alpha value is -2.34. The van der Waals surface area contributed by atoms with E-state index in [0.29, 0.717) is 6.61 Å². The predicted octanol–water partition coefficient (Wildman–Crippen LogP) is 3.25. The van der Waals surface area contributed by atoms with Crippen LogP contribution in [0.15, 0.2) is 60.2 Å².